The van der Waals surface area contributed by atoms with Crippen LogP contribution in [0.2, 0.25) is 0 Å². The summed E-state index contributed by atoms with van der Waals surface area (Å²) in [7, 11) is 0. The second-order valence-electron chi connectivity index (χ2n) is 5.15. The van der Waals surface area contributed by atoms with E-state index in [1.807, 2.05) is 42.5 Å². The first kappa shape index (κ1) is 13.6. The SMILES string of the molecule is NC1=CC(CCO)C(N)(Cc2cccc(N)c2)C=C1. The van der Waals surface area contributed by atoms with E-state index in [1.54, 1.807) is 0 Å². The van der Waals surface area contributed by atoms with E-state index in [0.717, 1.165) is 11.3 Å². The fourth-order valence-electron chi connectivity index (χ4n) is 2.56. The third kappa shape index (κ3) is 3.16. The van der Waals surface area contributed by atoms with Gasteiger partial charge in [0.05, 0.1) is 0 Å². The molecule has 0 fully saturated rings. The van der Waals surface area contributed by atoms with Gasteiger partial charge in [-0.3, -0.25) is 0 Å². The molecule has 0 saturated carbocycles. The monoisotopic (exact) mass is 259 g/mol. The van der Waals surface area contributed by atoms with Crippen LogP contribution in [-0.4, -0.2) is 17.3 Å². The molecule has 0 aliphatic heterocycles. The van der Waals surface area contributed by atoms with Crippen LogP contribution in [0.5, 0.6) is 0 Å². The summed E-state index contributed by atoms with van der Waals surface area (Å²) in [5.74, 6) is 0.0314. The Morgan fingerprint density at radius 2 is 2.05 bits per heavy atom. The van der Waals surface area contributed by atoms with Crippen molar-refractivity contribution >= 4 is 5.69 Å². The van der Waals surface area contributed by atoms with Gasteiger partial charge < -0.3 is 22.3 Å². The van der Waals surface area contributed by atoms with Crippen molar-refractivity contribution in [3.05, 3.63) is 53.8 Å². The molecule has 4 heteroatoms. The summed E-state index contributed by atoms with van der Waals surface area (Å²) in [6, 6.07) is 7.72. The van der Waals surface area contributed by atoms with Crippen LogP contribution in [0.1, 0.15) is 12.0 Å². The average molecular weight is 259 g/mol. The first-order valence-corrected chi connectivity index (χ1v) is 6.44. The van der Waals surface area contributed by atoms with Gasteiger partial charge in [-0.2, -0.15) is 0 Å². The summed E-state index contributed by atoms with van der Waals surface area (Å²) in [5.41, 5.74) is 20.1. The van der Waals surface area contributed by atoms with E-state index in [9.17, 15) is 5.11 Å². The van der Waals surface area contributed by atoms with Gasteiger partial charge in [-0.05, 0) is 36.6 Å². The highest BCUT2D eigenvalue weighted by atomic mass is 16.3. The number of allylic oxidation sites excluding steroid dienone is 1. The normalized spacial score (nSPS) is 26.2. The smallest absolute Gasteiger partial charge is 0.0449 e. The molecule has 2 atom stereocenters. The van der Waals surface area contributed by atoms with E-state index < -0.39 is 5.54 Å². The maximum Gasteiger partial charge on any atom is 0.0449 e. The zero-order valence-corrected chi connectivity index (χ0v) is 10.9. The van der Waals surface area contributed by atoms with Crippen LogP contribution in [0.4, 0.5) is 5.69 Å². The fraction of sp³-hybridized carbons (Fsp3) is 0.333. The van der Waals surface area contributed by atoms with Crippen molar-refractivity contribution in [3.8, 4) is 0 Å². The second kappa shape index (κ2) is 5.47. The average Bonchev–Trinajstić information content (AvgIpc) is 2.35. The number of nitrogen functional groups attached to an aromatic ring is 1. The largest absolute Gasteiger partial charge is 0.399 e. The number of rotatable bonds is 4. The summed E-state index contributed by atoms with van der Waals surface area (Å²) < 4.78 is 0. The Morgan fingerprint density at radius 1 is 1.26 bits per heavy atom. The lowest BCUT2D eigenvalue weighted by molar-refractivity contribution is 0.240. The van der Waals surface area contributed by atoms with Crippen molar-refractivity contribution in [1.29, 1.82) is 0 Å². The molecule has 1 aliphatic carbocycles. The van der Waals surface area contributed by atoms with Gasteiger partial charge in [0, 0.05) is 29.4 Å². The molecule has 1 aromatic rings. The molecule has 19 heavy (non-hydrogen) atoms. The van der Waals surface area contributed by atoms with E-state index in [4.69, 9.17) is 17.2 Å². The third-order valence-corrected chi connectivity index (χ3v) is 3.57. The zero-order valence-electron chi connectivity index (χ0n) is 10.9. The number of hydrogen-bond acceptors (Lipinski definition) is 4. The predicted octanol–water partition coefficient (Wildman–Crippen LogP) is 0.920. The van der Waals surface area contributed by atoms with Crippen LogP contribution in [0, 0.1) is 5.92 Å². The number of benzene rings is 1. The van der Waals surface area contributed by atoms with Gasteiger partial charge in [0.15, 0.2) is 0 Å². The lowest BCUT2D eigenvalue weighted by Gasteiger charge is -2.36. The number of nitrogens with two attached hydrogens (primary N) is 3. The molecule has 4 nitrogen and oxygen atoms in total. The summed E-state index contributed by atoms with van der Waals surface area (Å²) in [6.07, 6.45) is 6.97. The van der Waals surface area contributed by atoms with Crippen LogP contribution in [0.15, 0.2) is 48.2 Å². The summed E-state index contributed by atoms with van der Waals surface area (Å²) in [6.45, 7) is 0.0954. The molecular formula is C15H21N3O. The van der Waals surface area contributed by atoms with Crippen LogP contribution < -0.4 is 17.2 Å². The molecule has 2 unspecified atom stereocenters. The van der Waals surface area contributed by atoms with Crippen LogP contribution >= 0.6 is 0 Å². The Balaban J connectivity index is 2.23. The molecule has 0 bridgehead atoms. The maximum absolute atomic E-state index is 9.18. The second-order valence-corrected chi connectivity index (χ2v) is 5.15. The van der Waals surface area contributed by atoms with E-state index in [2.05, 4.69) is 0 Å². The topological polar surface area (TPSA) is 98.3 Å². The van der Waals surface area contributed by atoms with Crippen molar-refractivity contribution in [3.63, 3.8) is 0 Å². The highest BCUT2D eigenvalue weighted by Crippen LogP contribution is 2.30. The molecule has 7 N–H and O–H groups in total. The molecular weight excluding hydrogens is 238 g/mol. The van der Waals surface area contributed by atoms with Crippen molar-refractivity contribution in [2.75, 3.05) is 12.3 Å². The van der Waals surface area contributed by atoms with Gasteiger partial charge in [-0.1, -0.05) is 24.3 Å². The van der Waals surface area contributed by atoms with E-state index in [-0.39, 0.29) is 12.5 Å². The van der Waals surface area contributed by atoms with Crippen molar-refractivity contribution in [2.45, 2.75) is 18.4 Å². The van der Waals surface area contributed by atoms with Crippen molar-refractivity contribution in [2.24, 2.45) is 17.4 Å². The van der Waals surface area contributed by atoms with Crippen LogP contribution in [0.3, 0.4) is 0 Å². The lowest BCUT2D eigenvalue weighted by atomic mass is 9.75. The minimum absolute atomic E-state index is 0.0314. The summed E-state index contributed by atoms with van der Waals surface area (Å²) >= 11 is 0. The van der Waals surface area contributed by atoms with E-state index in [0.29, 0.717) is 18.5 Å². The quantitative estimate of drug-likeness (QED) is 0.604. The van der Waals surface area contributed by atoms with Crippen LogP contribution in [-0.2, 0) is 6.42 Å². The van der Waals surface area contributed by atoms with E-state index in [1.165, 1.54) is 0 Å². The summed E-state index contributed by atoms with van der Waals surface area (Å²) in [5, 5.41) is 9.18. The van der Waals surface area contributed by atoms with Gasteiger partial charge in [-0.15, -0.1) is 0 Å². The van der Waals surface area contributed by atoms with Gasteiger partial charge in [0.25, 0.3) is 0 Å². The Labute approximate surface area is 113 Å². The summed E-state index contributed by atoms with van der Waals surface area (Å²) in [4.78, 5) is 0. The van der Waals surface area contributed by atoms with Crippen molar-refractivity contribution < 1.29 is 5.11 Å². The molecule has 0 radical (unpaired) electrons. The molecule has 0 amide bonds. The van der Waals surface area contributed by atoms with E-state index >= 15 is 0 Å². The van der Waals surface area contributed by atoms with Gasteiger partial charge in [0.1, 0.15) is 0 Å². The Hall–Kier alpha value is -1.78. The van der Waals surface area contributed by atoms with Gasteiger partial charge in [-0.25, -0.2) is 0 Å². The molecule has 1 aliphatic rings. The lowest BCUT2D eigenvalue weighted by Crippen LogP contribution is -2.48. The zero-order chi connectivity index (χ0) is 13.9. The molecule has 0 aromatic heterocycles. The number of aliphatic hydroxyl groups excluding tert-OH is 1. The Kier molecular flexibility index (Phi) is 3.93. The minimum Gasteiger partial charge on any atom is -0.399 e. The van der Waals surface area contributed by atoms with Crippen molar-refractivity contribution in [1.82, 2.24) is 0 Å². The van der Waals surface area contributed by atoms with Crippen LogP contribution in [0.25, 0.3) is 0 Å². The highest BCUT2D eigenvalue weighted by molar-refractivity contribution is 5.42. The van der Waals surface area contributed by atoms with Gasteiger partial charge in [0.2, 0.25) is 0 Å². The van der Waals surface area contributed by atoms with Gasteiger partial charge >= 0.3 is 0 Å². The molecule has 0 heterocycles. The minimum atomic E-state index is -0.528. The predicted molar refractivity (Wildman–Crippen MR) is 78.1 cm³/mol. The molecule has 0 saturated heterocycles. The Morgan fingerprint density at radius 3 is 2.74 bits per heavy atom. The maximum atomic E-state index is 9.18. The number of hydrogen-bond donors (Lipinski definition) is 4. The molecule has 2 rings (SSSR count). The third-order valence-electron chi connectivity index (χ3n) is 3.57. The molecule has 102 valence electrons. The standard InChI is InChI=1S/C15H21N3O/c16-13-3-1-2-11(8-13)10-15(18)6-4-14(17)9-12(15)5-7-19/h1-4,6,8-9,12,19H,5,7,10,16-18H2. The Bertz CT molecular complexity index is 510. The first-order chi connectivity index (χ1) is 9.03. The molecule has 1 aromatic carbocycles. The molecule has 0 spiro atoms. The number of anilines is 1. The number of aliphatic hydroxyl groups is 1. The highest BCUT2D eigenvalue weighted by Gasteiger charge is 2.33. The fourth-order valence-corrected chi connectivity index (χ4v) is 2.56. The first-order valence-electron chi connectivity index (χ1n) is 6.44.